The highest BCUT2D eigenvalue weighted by Gasteiger charge is 2.48. The Balaban J connectivity index is 1.57. The highest BCUT2D eigenvalue weighted by Crippen LogP contribution is 2.42. The highest BCUT2D eigenvalue weighted by atomic mass is 16.7. The molecule has 3 aliphatic heterocycles. The molecule has 3 atom stereocenters. The van der Waals surface area contributed by atoms with Gasteiger partial charge in [-0.3, -0.25) is 29.0 Å². The lowest BCUT2D eigenvalue weighted by Crippen LogP contribution is -2.46. The molecule has 1 aromatic carbocycles. The molecule has 0 radical (unpaired) electrons. The third kappa shape index (κ3) is 7.56. The summed E-state index contributed by atoms with van der Waals surface area (Å²) >= 11 is 0. The molecule has 2 saturated heterocycles. The molecule has 1 aromatic rings. The summed E-state index contributed by atoms with van der Waals surface area (Å²) in [6.45, 7) is 5.07. The first kappa shape index (κ1) is 30.8. The molecule has 0 aliphatic carbocycles. The summed E-state index contributed by atoms with van der Waals surface area (Å²) in [6.07, 6.45) is 3.41. The molecule has 0 spiro atoms. The Labute approximate surface area is 242 Å². The van der Waals surface area contributed by atoms with Gasteiger partial charge in [0.2, 0.25) is 24.5 Å². The van der Waals surface area contributed by atoms with Gasteiger partial charge >= 0.3 is 5.97 Å². The molecule has 226 valence electrons. The zero-order valence-corrected chi connectivity index (χ0v) is 24.8. The van der Waals surface area contributed by atoms with E-state index >= 15 is 0 Å². The lowest BCUT2D eigenvalue weighted by Gasteiger charge is -2.31. The number of benzene rings is 1. The van der Waals surface area contributed by atoms with Crippen LogP contribution in [0.25, 0.3) is 0 Å². The Bertz CT molecular complexity index is 1120. The summed E-state index contributed by atoms with van der Waals surface area (Å²) in [4.78, 5) is 56.2. The van der Waals surface area contributed by atoms with Crippen molar-refractivity contribution < 1.29 is 38.2 Å². The van der Waals surface area contributed by atoms with Gasteiger partial charge in [-0.1, -0.05) is 19.4 Å². The molecule has 0 aromatic heterocycles. The normalized spacial score (nSPS) is 22.5. The highest BCUT2D eigenvalue weighted by molar-refractivity contribution is 6.01. The maximum Gasteiger partial charge on any atom is 0.308 e. The van der Waals surface area contributed by atoms with E-state index in [0.29, 0.717) is 37.6 Å². The van der Waals surface area contributed by atoms with E-state index in [2.05, 4.69) is 28.1 Å². The molecule has 2 fully saturated rings. The molecule has 3 aliphatic rings. The molecule has 3 amide bonds. The number of hydrogen-bond donors (Lipinski definition) is 1. The molecule has 11 heteroatoms. The number of nitrogens with zero attached hydrogens (tertiary/aromatic N) is 4. The second-order valence-corrected chi connectivity index (χ2v) is 12.4. The molecule has 3 heterocycles. The van der Waals surface area contributed by atoms with E-state index in [1.54, 1.807) is 6.07 Å². The number of imide groups is 1. The number of carboxylic acid groups (broad SMARTS) is 1. The lowest BCUT2D eigenvalue weighted by molar-refractivity contribution is -0.870. The quantitative estimate of drug-likeness (QED) is 0.266. The molecule has 41 heavy (non-hydrogen) atoms. The van der Waals surface area contributed by atoms with E-state index in [4.69, 9.17) is 9.47 Å². The van der Waals surface area contributed by atoms with E-state index in [1.807, 2.05) is 21.9 Å². The number of rotatable bonds is 14. The first-order chi connectivity index (χ1) is 19.5. The molecule has 0 bridgehead atoms. The SMILES string of the molecule is CCCCN(CCC[N+](C)(C)C)C(=O)CN1CC(c2ccc3c(c2)OCO3)C(C(=O)O)C1CCN1C(=O)CCC1=O. The molecule has 0 saturated carbocycles. The minimum absolute atomic E-state index is 0.0198. The Morgan fingerprint density at radius 1 is 1.05 bits per heavy atom. The smallest absolute Gasteiger partial charge is 0.308 e. The van der Waals surface area contributed by atoms with Gasteiger partial charge in [0.15, 0.2) is 11.5 Å². The first-order valence-corrected chi connectivity index (χ1v) is 14.8. The van der Waals surface area contributed by atoms with Gasteiger partial charge in [-0.15, -0.1) is 0 Å². The predicted octanol–water partition coefficient (Wildman–Crippen LogP) is 2.15. The Morgan fingerprint density at radius 3 is 2.39 bits per heavy atom. The van der Waals surface area contributed by atoms with Crippen molar-refractivity contribution >= 4 is 23.7 Å². The number of fused-ring (bicyclic) bond motifs is 1. The zero-order chi connectivity index (χ0) is 29.7. The van der Waals surface area contributed by atoms with Gasteiger partial charge in [0.05, 0.1) is 40.2 Å². The number of likely N-dealkylation sites (tertiary alicyclic amines) is 2. The average molecular weight is 574 g/mol. The minimum atomic E-state index is -0.961. The van der Waals surface area contributed by atoms with Gasteiger partial charge in [-0.05, 0) is 30.5 Å². The van der Waals surface area contributed by atoms with Gasteiger partial charge < -0.3 is 24.0 Å². The monoisotopic (exact) mass is 573 g/mol. The van der Waals surface area contributed by atoms with Crippen LogP contribution in [-0.4, -0.2) is 121 Å². The summed E-state index contributed by atoms with van der Waals surface area (Å²) in [5.74, 6) is -1.45. The van der Waals surface area contributed by atoms with E-state index in [1.165, 1.54) is 4.90 Å². The van der Waals surface area contributed by atoms with Crippen LogP contribution >= 0.6 is 0 Å². The topological polar surface area (TPSA) is 117 Å². The van der Waals surface area contributed by atoms with E-state index in [9.17, 15) is 24.3 Å². The van der Waals surface area contributed by atoms with Crippen LogP contribution in [0.4, 0.5) is 0 Å². The van der Waals surface area contributed by atoms with Crippen molar-refractivity contribution in [2.75, 3.05) is 67.2 Å². The molecule has 3 unspecified atom stereocenters. The van der Waals surface area contributed by atoms with Gasteiger partial charge in [-0.2, -0.15) is 0 Å². The van der Waals surface area contributed by atoms with Gasteiger partial charge in [-0.25, -0.2) is 0 Å². The maximum atomic E-state index is 13.7. The lowest BCUT2D eigenvalue weighted by atomic mass is 9.84. The van der Waals surface area contributed by atoms with Gasteiger partial charge in [0, 0.05) is 57.4 Å². The number of carboxylic acids is 1. The van der Waals surface area contributed by atoms with Gasteiger partial charge in [0.1, 0.15) is 0 Å². The molecule has 1 N–H and O–H groups in total. The van der Waals surface area contributed by atoms with Crippen molar-refractivity contribution in [3.63, 3.8) is 0 Å². The number of ether oxygens (including phenoxy) is 2. The Morgan fingerprint density at radius 2 is 1.73 bits per heavy atom. The van der Waals surface area contributed by atoms with Crippen LogP contribution in [-0.2, 0) is 19.2 Å². The Kier molecular flexibility index (Phi) is 9.91. The largest absolute Gasteiger partial charge is 0.481 e. The van der Waals surface area contributed by atoms with Crippen LogP contribution in [0.15, 0.2) is 18.2 Å². The van der Waals surface area contributed by atoms with E-state index in [-0.39, 0.29) is 50.4 Å². The summed E-state index contributed by atoms with van der Waals surface area (Å²) in [5, 5.41) is 10.4. The van der Waals surface area contributed by atoms with Crippen LogP contribution in [0.3, 0.4) is 0 Å². The van der Waals surface area contributed by atoms with Crippen LogP contribution in [0.2, 0.25) is 0 Å². The van der Waals surface area contributed by atoms with Crippen LogP contribution in [0.5, 0.6) is 11.5 Å². The van der Waals surface area contributed by atoms with E-state index in [0.717, 1.165) is 35.9 Å². The number of quaternary nitrogens is 1. The molecule has 11 nitrogen and oxygen atoms in total. The fourth-order valence-electron chi connectivity index (χ4n) is 6.19. The van der Waals surface area contributed by atoms with Crippen molar-refractivity contribution in [1.82, 2.24) is 14.7 Å². The minimum Gasteiger partial charge on any atom is -0.481 e. The second-order valence-electron chi connectivity index (χ2n) is 12.4. The van der Waals surface area contributed by atoms with Crippen molar-refractivity contribution in [2.24, 2.45) is 5.92 Å². The maximum absolute atomic E-state index is 13.7. The van der Waals surface area contributed by atoms with E-state index < -0.39 is 23.8 Å². The molecular weight excluding hydrogens is 528 g/mol. The number of carbonyl (C=O) groups excluding carboxylic acids is 3. The summed E-state index contributed by atoms with van der Waals surface area (Å²) in [5.41, 5.74) is 0.806. The fourth-order valence-corrected chi connectivity index (χ4v) is 6.19. The third-order valence-electron chi connectivity index (χ3n) is 8.39. The number of carbonyl (C=O) groups is 4. The summed E-state index contributed by atoms with van der Waals surface area (Å²) < 4.78 is 11.8. The molecule has 4 rings (SSSR count). The van der Waals surface area contributed by atoms with Crippen molar-refractivity contribution in [3.8, 4) is 11.5 Å². The number of amides is 3. The predicted molar refractivity (Wildman–Crippen MR) is 151 cm³/mol. The third-order valence-corrected chi connectivity index (χ3v) is 8.39. The number of unbranched alkanes of at least 4 members (excludes halogenated alkanes) is 1. The second kappa shape index (κ2) is 13.2. The van der Waals surface area contributed by atoms with Gasteiger partial charge in [0.25, 0.3) is 0 Å². The van der Waals surface area contributed by atoms with Crippen LogP contribution in [0.1, 0.15) is 56.9 Å². The average Bonchev–Trinajstić information content (AvgIpc) is 3.61. The summed E-state index contributed by atoms with van der Waals surface area (Å²) in [6, 6.07) is 4.97. The van der Waals surface area contributed by atoms with Crippen molar-refractivity contribution in [3.05, 3.63) is 23.8 Å². The summed E-state index contributed by atoms with van der Waals surface area (Å²) in [7, 11) is 6.39. The standard InChI is InChI=1S/C30H44N4O7/c1-5-6-13-31(14-7-16-34(2,3)4)28(37)19-32-18-22(21-8-9-24-25(17-21)41-20-40-24)29(30(38)39)23(32)12-15-33-26(35)10-11-27(33)36/h8-9,17,22-23,29H,5-7,10-16,18-20H2,1-4H3/p+1. The fraction of sp³-hybridized carbons (Fsp3) is 0.667. The number of aliphatic carboxylic acids is 1. The van der Waals surface area contributed by atoms with Crippen LogP contribution in [0, 0.1) is 5.92 Å². The zero-order valence-electron chi connectivity index (χ0n) is 24.8. The van der Waals surface area contributed by atoms with Crippen molar-refractivity contribution in [1.29, 1.82) is 0 Å². The van der Waals surface area contributed by atoms with Crippen LogP contribution < -0.4 is 9.47 Å². The van der Waals surface area contributed by atoms with Crippen molar-refractivity contribution in [2.45, 2.75) is 57.4 Å². The molecular formula is C30H45N4O7+. The first-order valence-electron chi connectivity index (χ1n) is 14.8. The number of hydrogen-bond acceptors (Lipinski definition) is 7. The Hall–Kier alpha value is -3.18.